The summed E-state index contributed by atoms with van der Waals surface area (Å²) < 4.78 is 10.9. The van der Waals surface area contributed by atoms with Crippen LogP contribution >= 0.6 is 0 Å². The van der Waals surface area contributed by atoms with Crippen LogP contribution in [0.25, 0.3) is 0 Å². The average molecular weight is 275 g/mol. The van der Waals surface area contributed by atoms with E-state index in [2.05, 4.69) is 35.4 Å². The van der Waals surface area contributed by atoms with Gasteiger partial charge in [-0.1, -0.05) is 37.2 Å². The van der Waals surface area contributed by atoms with E-state index in [-0.39, 0.29) is 0 Å². The summed E-state index contributed by atoms with van der Waals surface area (Å²) in [7, 11) is 0. The molecule has 0 aliphatic carbocycles. The molecule has 0 bridgehead atoms. The molecule has 0 amide bonds. The quantitative estimate of drug-likeness (QED) is 0.878. The predicted molar refractivity (Wildman–Crippen MR) is 76.5 cm³/mol. The Labute approximate surface area is 119 Å². The predicted octanol–water partition coefficient (Wildman–Crippen LogP) is 2.76. The van der Waals surface area contributed by atoms with Crippen LogP contribution in [0.2, 0.25) is 0 Å². The topological polar surface area (TPSA) is 60.2 Å². The first-order valence-electron chi connectivity index (χ1n) is 6.80. The van der Waals surface area contributed by atoms with Crippen LogP contribution in [0.1, 0.15) is 36.7 Å². The third kappa shape index (κ3) is 3.81. The molecular formula is C15H21N3O2. The lowest BCUT2D eigenvalue weighted by molar-refractivity contribution is 0.239. The number of aryl methyl sites for hydroxylation is 2. The van der Waals surface area contributed by atoms with Crippen molar-refractivity contribution < 1.29 is 9.26 Å². The molecule has 2 rings (SSSR count). The Morgan fingerprint density at radius 3 is 2.75 bits per heavy atom. The summed E-state index contributed by atoms with van der Waals surface area (Å²) in [5, 5.41) is 7.16. The summed E-state index contributed by atoms with van der Waals surface area (Å²) in [6, 6.07) is 6.57. The molecule has 0 fully saturated rings. The van der Waals surface area contributed by atoms with Gasteiger partial charge in [0, 0.05) is 18.2 Å². The van der Waals surface area contributed by atoms with Gasteiger partial charge in [-0.3, -0.25) is 0 Å². The number of hydrogen-bond donors (Lipinski definition) is 1. The van der Waals surface area contributed by atoms with Gasteiger partial charge >= 0.3 is 0 Å². The molecule has 0 atom stereocenters. The lowest BCUT2D eigenvalue weighted by Gasteiger charge is -2.15. The van der Waals surface area contributed by atoms with Crippen LogP contribution in [0.4, 0.5) is 0 Å². The van der Waals surface area contributed by atoms with E-state index in [9.17, 15) is 0 Å². The second-order valence-electron chi connectivity index (χ2n) is 5.12. The highest BCUT2D eigenvalue weighted by Gasteiger charge is 2.10. The Balaban J connectivity index is 2.08. The maximum atomic E-state index is 5.86. The highest BCUT2D eigenvalue weighted by Crippen LogP contribution is 2.24. The van der Waals surface area contributed by atoms with Crippen LogP contribution in [0.3, 0.4) is 0 Å². The van der Waals surface area contributed by atoms with Crippen molar-refractivity contribution in [3.05, 3.63) is 41.0 Å². The molecule has 1 heterocycles. The summed E-state index contributed by atoms with van der Waals surface area (Å²) in [6.07, 6.45) is 0. The van der Waals surface area contributed by atoms with Gasteiger partial charge in [0.05, 0.1) is 0 Å². The van der Waals surface area contributed by atoms with Crippen molar-refractivity contribution in [3.8, 4) is 5.75 Å². The zero-order valence-corrected chi connectivity index (χ0v) is 12.4. The smallest absolute Gasteiger partial charge is 0.264 e. The van der Waals surface area contributed by atoms with E-state index < -0.39 is 0 Å². The minimum absolute atomic E-state index is 0.292. The van der Waals surface area contributed by atoms with Crippen molar-refractivity contribution in [1.82, 2.24) is 15.5 Å². The van der Waals surface area contributed by atoms with Crippen molar-refractivity contribution in [2.24, 2.45) is 0 Å². The molecule has 0 saturated heterocycles. The van der Waals surface area contributed by atoms with Crippen LogP contribution in [-0.4, -0.2) is 16.2 Å². The van der Waals surface area contributed by atoms with Gasteiger partial charge in [-0.05, 0) is 19.4 Å². The summed E-state index contributed by atoms with van der Waals surface area (Å²) in [5.41, 5.74) is 2.24. The molecule has 1 aromatic heterocycles. The SMILES string of the molecule is Cc1noc(COc2c(C)cccc2CNC(C)C)n1. The molecule has 0 saturated carbocycles. The van der Waals surface area contributed by atoms with Gasteiger partial charge in [-0.25, -0.2) is 0 Å². The first kappa shape index (κ1) is 14.5. The van der Waals surface area contributed by atoms with Crippen molar-refractivity contribution in [3.63, 3.8) is 0 Å². The van der Waals surface area contributed by atoms with Gasteiger partial charge in [-0.2, -0.15) is 4.98 Å². The van der Waals surface area contributed by atoms with Gasteiger partial charge in [-0.15, -0.1) is 0 Å². The highest BCUT2D eigenvalue weighted by molar-refractivity contribution is 5.40. The molecule has 108 valence electrons. The Morgan fingerprint density at radius 2 is 2.10 bits per heavy atom. The molecule has 1 aromatic carbocycles. The second kappa shape index (κ2) is 6.52. The van der Waals surface area contributed by atoms with Crippen molar-refractivity contribution in [2.75, 3.05) is 0 Å². The van der Waals surface area contributed by atoms with E-state index in [4.69, 9.17) is 9.26 Å². The summed E-state index contributed by atoms with van der Waals surface area (Å²) in [6.45, 7) is 9.14. The Bertz CT molecular complexity index is 564. The molecular weight excluding hydrogens is 254 g/mol. The Kier molecular flexibility index (Phi) is 4.74. The number of benzene rings is 1. The molecule has 1 N–H and O–H groups in total. The minimum atomic E-state index is 0.292. The molecule has 0 unspecified atom stereocenters. The van der Waals surface area contributed by atoms with Crippen LogP contribution in [0.5, 0.6) is 5.75 Å². The van der Waals surface area contributed by atoms with E-state index in [0.717, 1.165) is 23.4 Å². The lowest BCUT2D eigenvalue weighted by atomic mass is 10.1. The molecule has 0 aliphatic rings. The fourth-order valence-corrected chi connectivity index (χ4v) is 1.91. The fraction of sp³-hybridized carbons (Fsp3) is 0.467. The molecule has 20 heavy (non-hydrogen) atoms. The molecule has 5 nitrogen and oxygen atoms in total. The number of para-hydroxylation sites is 1. The van der Waals surface area contributed by atoms with E-state index in [1.807, 2.05) is 19.1 Å². The van der Waals surface area contributed by atoms with Crippen LogP contribution < -0.4 is 10.1 Å². The Morgan fingerprint density at radius 1 is 1.30 bits per heavy atom. The van der Waals surface area contributed by atoms with E-state index in [1.54, 1.807) is 6.92 Å². The maximum Gasteiger partial charge on any atom is 0.264 e. The van der Waals surface area contributed by atoms with Gasteiger partial charge < -0.3 is 14.6 Å². The highest BCUT2D eigenvalue weighted by atomic mass is 16.5. The zero-order valence-electron chi connectivity index (χ0n) is 12.4. The van der Waals surface area contributed by atoms with Gasteiger partial charge in [0.25, 0.3) is 5.89 Å². The Hall–Kier alpha value is -1.88. The number of nitrogens with zero attached hydrogens (tertiary/aromatic N) is 2. The summed E-state index contributed by atoms with van der Waals surface area (Å²) in [4.78, 5) is 4.14. The van der Waals surface area contributed by atoms with Gasteiger partial charge in [0.2, 0.25) is 0 Å². The molecule has 0 spiro atoms. The third-order valence-electron chi connectivity index (χ3n) is 2.90. The molecule has 0 radical (unpaired) electrons. The maximum absolute atomic E-state index is 5.86. The van der Waals surface area contributed by atoms with Crippen molar-refractivity contribution in [1.29, 1.82) is 0 Å². The number of ether oxygens (including phenoxy) is 1. The lowest BCUT2D eigenvalue weighted by Crippen LogP contribution is -2.22. The van der Waals surface area contributed by atoms with E-state index in [1.165, 1.54) is 0 Å². The third-order valence-corrected chi connectivity index (χ3v) is 2.90. The number of aromatic nitrogens is 2. The number of rotatable bonds is 6. The van der Waals surface area contributed by atoms with Crippen molar-refractivity contribution in [2.45, 2.75) is 46.9 Å². The van der Waals surface area contributed by atoms with Gasteiger partial charge in [0.1, 0.15) is 5.75 Å². The minimum Gasteiger partial charge on any atom is -0.483 e. The standard InChI is InChI=1S/C15H21N3O2/c1-10(2)16-8-13-7-5-6-11(3)15(13)19-9-14-17-12(4)18-20-14/h5-7,10,16H,8-9H2,1-4H3. The molecule has 2 aromatic rings. The fourth-order valence-electron chi connectivity index (χ4n) is 1.91. The summed E-state index contributed by atoms with van der Waals surface area (Å²) in [5.74, 6) is 2.00. The van der Waals surface area contributed by atoms with Crippen LogP contribution in [0, 0.1) is 13.8 Å². The largest absolute Gasteiger partial charge is 0.483 e. The summed E-state index contributed by atoms with van der Waals surface area (Å²) >= 11 is 0. The average Bonchev–Trinajstić information content (AvgIpc) is 2.81. The van der Waals surface area contributed by atoms with E-state index >= 15 is 0 Å². The van der Waals surface area contributed by atoms with Crippen molar-refractivity contribution >= 4 is 0 Å². The normalized spacial score (nSPS) is 11.1. The monoisotopic (exact) mass is 275 g/mol. The van der Waals surface area contributed by atoms with Crippen LogP contribution in [-0.2, 0) is 13.2 Å². The number of hydrogen-bond acceptors (Lipinski definition) is 5. The van der Waals surface area contributed by atoms with E-state index in [0.29, 0.717) is 24.4 Å². The zero-order chi connectivity index (χ0) is 14.5. The first-order chi connectivity index (χ1) is 9.56. The number of nitrogens with one attached hydrogen (secondary N) is 1. The molecule has 5 heteroatoms. The first-order valence-corrected chi connectivity index (χ1v) is 6.80. The second-order valence-corrected chi connectivity index (χ2v) is 5.12. The van der Waals surface area contributed by atoms with Gasteiger partial charge in [0.15, 0.2) is 12.4 Å². The molecule has 0 aliphatic heterocycles. The van der Waals surface area contributed by atoms with Crippen LogP contribution in [0.15, 0.2) is 22.7 Å².